The Kier molecular flexibility index (Phi) is 20.7. The number of hydrogen-bond acceptors (Lipinski definition) is 12. The number of anilines is 1. The molecule has 0 fully saturated rings. The van der Waals surface area contributed by atoms with Crippen molar-refractivity contribution in [3.8, 4) is 0 Å². The number of imide groups is 1. The van der Waals surface area contributed by atoms with Gasteiger partial charge in [-0.3, -0.25) is 14.4 Å². The van der Waals surface area contributed by atoms with Gasteiger partial charge in [0.2, 0.25) is 5.91 Å². The monoisotopic (exact) mass is 859 g/mol. The van der Waals surface area contributed by atoms with E-state index in [0.717, 1.165) is 30.1 Å². The molecule has 2 aromatic rings. The van der Waals surface area contributed by atoms with Gasteiger partial charge in [0.15, 0.2) is 0 Å². The van der Waals surface area contributed by atoms with Gasteiger partial charge in [0.05, 0.1) is 30.0 Å². The van der Waals surface area contributed by atoms with E-state index in [0.29, 0.717) is 42.0 Å². The third-order valence-electron chi connectivity index (χ3n) is 9.24. The van der Waals surface area contributed by atoms with Gasteiger partial charge in [-0.2, -0.15) is 0 Å². The van der Waals surface area contributed by atoms with Crippen LogP contribution in [-0.2, 0) is 33.3 Å². The summed E-state index contributed by atoms with van der Waals surface area (Å²) in [4.78, 5) is 82.3. The number of ether oxygens (including phenoxy) is 5. The van der Waals surface area contributed by atoms with Gasteiger partial charge in [-0.25, -0.2) is 23.7 Å². The zero-order valence-corrected chi connectivity index (χ0v) is 36.5. The van der Waals surface area contributed by atoms with Crippen LogP contribution in [0.2, 0.25) is 0 Å². The number of alkyl carbamates (subject to hydrolysis) is 2. The molecular weight excluding hydrogens is 797 g/mol. The number of aryl methyl sites for hydroxylation is 1. The topological polar surface area (TPSA) is 219 Å². The van der Waals surface area contributed by atoms with Gasteiger partial charge < -0.3 is 54.8 Å². The second-order valence-electron chi connectivity index (χ2n) is 14.8. The van der Waals surface area contributed by atoms with E-state index in [4.69, 9.17) is 23.7 Å². The van der Waals surface area contributed by atoms with Crippen molar-refractivity contribution >= 4 is 53.3 Å². The Labute approximate surface area is 356 Å². The number of rotatable bonds is 24. The maximum absolute atomic E-state index is 14.5. The van der Waals surface area contributed by atoms with Crippen LogP contribution < -0.4 is 26.2 Å². The van der Waals surface area contributed by atoms with Gasteiger partial charge in [-0.1, -0.05) is 13.8 Å². The van der Waals surface area contributed by atoms with Crippen LogP contribution in [0.4, 0.5) is 24.5 Å². The number of benzene rings is 1. The van der Waals surface area contributed by atoms with E-state index in [1.54, 1.807) is 41.5 Å². The molecule has 1 aliphatic rings. The fourth-order valence-electron chi connectivity index (χ4n) is 6.17. The number of hydrogen-bond donors (Lipinski definition) is 5. The van der Waals surface area contributed by atoms with Crippen molar-refractivity contribution in [3.63, 3.8) is 0 Å². The molecule has 0 radical (unpaired) electrons. The highest BCUT2D eigenvalue weighted by Gasteiger charge is 2.38. The average Bonchev–Trinajstić information content (AvgIpc) is 3.63. The number of amides is 6. The van der Waals surface area contributed by atoms with Crippen LogP contribution in [0.1, 0.15) is 87.3 Å². The number of aromatic amines is 1. The predicted octanol–water partition coefficient (Wildman–Crippen LogP) is 4.43. The van der Waals surface area contributed by atoms with Gasteiger partial charge in [-0.05, 0) is 90.9 Å². The largest absolute Gasteiger partial charge is 0.447 e. The first-order valence-corrected chi connectivity index (χ1v) is 20.6. The zero-order chi connectivity index (χ0) is 45.1. The molecule has 0 saturated heterocycles. The molecule has 1 aromatic heterocycles. The lowest BCUT2D eigenvalue weighted by atomic mass is 10.0. The van der Waals surface area contributed by atoms with Gasteiger partial charge in [0.25, 0.3) is 11.8 Å². The van der Waals surface area contributed by atoms with Crippen molar-refractivity contribution in [2.45, 2.75) is 86.4 Å². The number of halogens is 1. The number of fused-ring (bicyclic) bond motifs is 1. The Morgan fingerprint density at radius 2 is 1.52 bits per heavy atom. The molecule has 5 N–H and O–H groups in total. The molecule has 338 valence electrons. The molecule has 1 aromatic carbocycles. The molecule has 0 unspecified atom stereocenters. The van der Waals surface area contributed by atoms with Gasteiger partial charge in [0.1, 0.15) is 31.7 Å². The fourth-order valence-corrected chi connectivity index (χ4v) is 6.17. The lowest BCUT2D eigenvalue weighted by molar-refractivity contribution is -0.122. The molecule has 3 rings (SSSR count). The number of nitrogens with zero attached hydrogens (tertiary/aromatic N) is 2. The van der Waals surface area contributed by atoms with E-state index in [2.05, 4.69) is 45.0 Å². The summed E-state index contributed by atoms with van der Waals surface area (Å²) < 4.78 is 41.3. The third kappa shape index (κ3) is 16.1. The minimum absolute atomic E-state index is 0.0346. The van der Waals surface area contributed by atoms with Gasteiger partial charge >= 0.3 is 18.3 Å². The van der Waals surface area contributed by atoms with Gasteiger partial charge in [0, 0.05) is 61.7 Å². The summed E-state index contributed by atoms with van der Waals surface area (Å²) in [7, 11) is 0. The van der Waals surface area contributed by atoms with E-state index in [-0.39, 0.29) is 93.3 Å². The van der Waals surface area contributed by atoms with Crippen molar-refractivity contribution in [2.24, 2.45) is 0 Å². The second-order valence-corrected chi connectivity index (χ2v) is 14.8. The van der Waals surface area contributed by atoms with Crippen LogP contribution in [0.15, 0.2) is 18.2 Å². The summed E-state index contributed by atoms with van der Waals surface area (Å²) >= 11 is 0. The second kappa shape index (κ2) is 25.3. The van der Waals surface area contributed by atoms with Crippen LogP contribution in [0.5, 0.6) is 0 Å². The van der Waals surface area contributed by atoms with Crippen LogP contribution in [-0.4, -0.2) is 136 Å². The lowest BCUT2D eigenvalue weighted by Gasteiger charge is -2.19. The predicted molar refractivity (Wildman–Crippen MR) is 226 cm³/mol. The normalized spacial score (nSPS) is 13.0. The number of aromatic nitrogens is 1. The van der Waals surface area contributed by atoms with E-state index in [1.165, 1.54) is 12.1 Å². The Balaban J connectivity index is 1.44. The Morgan fingerprint density at radius 1 is 0.869 bits per heavy atom. The van der Waals surface area contributed by atoms with Crippen LogP contribution in [0.3, 0.4) is 0 Å². The average molecular weight is 860 g/mol. The molecule has 61 heavy (non-hydrogen) atoms. The summed E-state index contributed by atoms with van der Waals surface area (Å²) in [5.74, 6) is -1.86. The molecule has 1 aliphatic heterocycles. The quantitative estimate of drug-likeness (QED) is 0.0563. The molecule has 0 aliphatic carbocycles. The third-order valence-corrected chi connectivity index (χ3v) is 9.24. The van der Waals surface area contributed by atoms with E-state index >= 15 is 0 Å². The first-order valence-electron chi connectivity index (χ1n) is 20.6. The first-order chi connectivity index (χ1) is 29.1. The number of nitrogens with one attached hydrogen (secondary N) is 5. The Hall–Kier alpha value is -5.53. The molecule has 0 saturated carbocycles. The van der Waals surface area contributed by atoms with Crippen molar-refractivity contribution in [1.29, 1.82) is 0 Å². The number of carbonyl (C=O) groups is 6. The van der Waals surface area contributed by atoms with E-state index in [1.807, 2.05) is 0 Å². The summed E-state index contributed by atoms with van der Waals surface area (Å²) in [5.41, 5.74) is 2.47. The standard InChI is InChI=1S/C42H62FN7O11/c1-9-49(10-2)17-15-45-38(52)37-28(7)34(48-29(37)8)23-33-32-22-30(43)13-14-35(32)50(39(33)53)42(56)59-21-20-57-19-16-44-36(51)12-11-18-58-31(24-60-40(54)46-26(3)4)25-61-41(55)47-27(5)6/h13-14,22-23,26-27,31,48H,9-12,15-21,24-25H2,1-8H3,(H,44,51)(H,45,52)(H,46,54)(H,47,55)/b33-23-. The highest BCUT2D eigenvalue weighted by Crippen LogP contribution is 2.39. The highest BCUT2D eigenvalue weighted by atomic mass is 19.1. The van der Waals surface area contributed by atoms with Gasteiger partial charge in [-0.15, -0.1) is 0 Å². The van der Waals surface area contributed by atoms with Crippen molar-refractivity contribution in [2.75, 3.05) is 77.3 Å². The molecule has 0 bridgehead atoms. The maximum atomic E-state index is 14.5. The van der Waals surface area contributed by atoms with E-state index < -0.39 is 36.1 Å². The van der Waals surface area contributed by atoms with Crippen LogP contribution >= 0.6 is 0 Å². The van der Waals surface area contributed by atoms with Crippen LogP contribution in [0, 0.1) is 19.7 Å². The molecule has 6 amide bonds. The Morgan fingerprint density at radius 3 is 2.15 bits per heavy atom. The van der Waals surface area contributed by atoms with E-state index in [9.17, 15) is 33.2 Å². The summed E-state index contributed by atoms with van der Waals surface area (Å²) in [6, 6.07) is 3.37. The first kappa shape index (κ1) is 49.8. The lowest BCUT2D eigenvalue weighted by Crippen LogP contribution is -2.37. The minimum Gasteiger partial charge on any atom is -0.447 e. The molecule has 18 nitrogen and oxygen atoms in total. The smallest absolute Gasteiger partial charge is 0.421 e. The highest BCUT2D eigenvalue weighted by molar-refractivity contribution is 6.41. The summed E-state index contributed by atoms with van der Waals surface area (Å²) in [6.45, 7) is 17.5. The number of H-pyrrole nitrogens is 1. The van der Waals surface area contributed by atoms with Crippen molar-refractivity contribution in [1.82, 2.24) is 31.2 Å². The SMILES string of the molecule is CCN(CC)CCNC(=O)c1c(C)[nH]c(/C=C2\C(=O)N(C(=O)OCCOCCNC(=O)CCCOC(COC(=O)NC(C)C)COC(=O)NC(C)C)c3ccc(F)cc32)c1C. The summed E-state index contributed by atoms with van der Waals surface area (Å²) in [6.07, 6.45) is -1.05. The minimum atomic E-state index is -0.981. The van der Waals surface area contributed by atoms with Crippen molar-refractivity contribution in [3.05, 3.63) is 52.1 Å². The molecule has 0 atom stereocenters. The molecule has 19 heteroatoms. The Bertz CT molecular complexity index is 1820. The fraction of sp³-hybridized carbons (Fsp3) is 0.571. The zero-order valence-electron chi connectivity index (χ0n) is 36.5. The molecular formula is C42H62FN7O11. The molecule has 0 spiro atoms. The molecule has 2 heterocycles. The number of carbonyl (C=O) groups excluding carboxylic acids is 6. The maximum Gasteiger partial charge on any atom is 0.421 e. The summed E-state index contributed by atoms with van der Waals surface area (Å²) in [5, 5.41) is 10.8. The van der Waals surface area contributed by atoms with Crippen LogP contribution in [0.25, 0.3) is 11.6 Å². The number of likely N-dealkylation sites (N-methyl/N-ethyl adjacent to an activating group) is 1. The van der Waals surface area contributed by atoms with Crippen molar-refractivity contribution < 1.29 is 56.8 Å².